The topological polar surface area (TPSA) is 29.1 Å². The fraction of sp³-hybridized carbons (Fsp3) is 0. The number of rotatable bonds is 3. The molecule has 2 rings (SSSR count). The third-order valence-corrected chi connectivity index (χ3v) is 2.80. The molecule has 2 nitrogen and oxygen atoms in total. The van der Waals surface area contributed by atoms with Gasteiger partial charge in [-0.3, -0.25) is 4.79 Å². The fourth-order valence-corrected chi connectivity index (χ4v) is 1.78. The maximum absolute atomic E-state index is 13.4. The van der Waals surface area contributed by atoms with E-state index in [1.807, 2.05) is 0 Å². The van der Waals surface area contributed by atoms with E-state index in [4.69, 9.17) is 11.6 Å². The number of carbonyl (C=O) groups excluding carboxylic acids is 1. The van der Waals surface area contributed by atoms with E-state index in [9.17, 15) is 18.0 Å². The second-order valence-corrected chi connectivity index (χ2v) is 4.54. The minimum atomic E-state index is -1.63. The van der Waals surface area contributed by atoms with Crippen molar-refractivity contribution in [1.29, 1.82) is 0 Å². The third kappa shape index (κ3) is 3.86. The van der Waals surface area contributed by atoms with E-state index in [-0.39, 0.29) is 0 Å². The van der Waals surface area contributed by atoms with Crippen LogP contribution in [0.4, 0.5) is 18.9 Å². The quantitative estimate of drug-likeness (QED) is 0.660. The Hall–Kier alpha value is -2.27. The maximum Gasteiger partial charge on any atom is 0.248 e. The molecular weight excluding hydrogens is 303 g/mol. The predicted molar refractivity (Wildman–Crippen MR) is 75.4 cm³/mol. The number of anilines is 1. The smallest absolute Gasteiger partial charge is 0.248 e. The number of hydrogen-bond donors (Lipinski definition) is 1. The van der Waals surface area contributed by atoms with Gasteiger partial charge in [-0.15, -0.1) is 0 Å². The fourth-order valence-electron chi connectivity index (χ4n) is 1.58. The molecule has 0 aliphatic rings. The molecule has 108 valence electrons. The molecule has 0 bridgehead atoms. The summed E-state index contributed by atoms with van der Waals surface area (Å²) < 4.78 is 39.1. The van der Waals surface area contributed by atoms with Crippen LogP contribution in [0.1, 0.15) is 5.56 Å². The van der Waals surface area contributed by atoms with Crippen molar-refractivity contribution in [3.05, 3.63) is 70.5 Å². The number of benzene rings is 2. The van der Waals surface area contributed by atoms with Crippen molar-refractivity contribution in [3.63, 3.8) is 0 Å². The van der Waals surface area contributed by atoms with E-state index in [0.29, 0.717) is 10.6 Å². The molecule has 2 aromatic rings. The van der Waals surface area contributed by atoms with Crippen molar-refractivity contribution in [2.75, 3.05) is 5.32 Å². The van der Waals surface area contributed by atoms with E-state index >= 15 is 0 Å². The summed E-state index contributed by atoms with van der Waals surface area (Å²) in [5, 5.41) is 2.63. The van der Waals surface area contributed by atoms with Crippen LogP contribution in [-0.2, 0) is 4.79 Å². The molecule has 0 saturated heterocycles. The van der Waals surface area contributed by atoms with E-state index in [2.05, 4.69) is 5.32 Å². The van der Waals surface area contributed by atoms with Crippen molar-refractivity contribution in [3.8, 4) is 0 Å². The monoisotopic (exact) mass is 311 g/mol. The summed E-state index contributed by atoms with van der Waals surface area (Å²) in [7, 11) is 0. The molecule has 0 aromatic heterocycles. The van der Waals surface area contributed by atoms with Crippen LogP contribution in [0.15, 0.2) is 42.5 Å². The first-order valence-corrected chi connectivity index (χ1v) is 6.23. The SMILES string of the molecule is O=C(/C=C/c1cccc(Cl)c1)Nc1ccc(F)c(F)c1F. The summed E-state index contributed by atoms with van der Waals surface area (Å²) in [5.41, 5.74) is 0.234. The number of hydrogen-bond acceptors (Lipinski definition) is 1. The standard InChI is InChI=1S/C15H9ClF3NO/c16-10-3-1-2-9(8-10)4-7-13(21)20-12-6-5-11(17)14(18)15(12)19/h1-8H,(H,20,21)/b7-4+. The van der Waals surface area contributed by atoms with Crippen molar-refractivity contribution in [1.82, 2.24) is 0 Å². The largest absolute Gasteiger partial charge is 0.320 e. The van der Waals surface area contributed by atoms with Crippen LogP contribution in [0.25, 0.3) is 6.08 Å². The zero-order valence-electron chi connectivity index (χ0n) is 10.5. The van der Waals surface area contributed by atoms with Crippen LogP contribution in [0.2, 0.25) is 5.02 Å². The molecule has 0 saturated carbocycles. The molecule has 0 fully saturated rings. The zero-order chi connectivity index (χ0) is 15.4. The highest BCUT2D eigenvalue weighted by Crippen LogP contribution is 2.19. The van der Waals surface area contributed by atoms with Crippen molar-refractivity contribution < 1.29 is 18.0 Å². The lowest BCUT2D eigenvalue weighted by Gasteiger charge is -2.04. The molecule has 0 spiro atoms. The Morgan fingerprint density at radius 3 is 2.57 bits per heavy atom. The van der Waals surface area contributed by atoms with Gasteiger partial charge in [-0.25, -0.2) is 13.2 Å². The molecule has 1 N–H and O–H groups in total. The first-order chi connectivity index (χ1) is 9.97. The van der Waals surface area contributed by atoms with Crippen LogP contribution in [0.3, 0.4) is 0 Å². The first-order valence-electron chi connectivity index (χ1n) is 5.85. The van der Waals surface area contributed by atoms with E-state index < -0.39 is 29.0 Å². The lowest BCUT2D eigenvalue weighted by molar-refractivity contribution is -0.111. The Morgan fingerprint density at radius 1 is 1.10 bits per heavy atom. The highest BCUT2D eigenvalue weighted by Gasteiger charge is 2.14. The van der Waals surface area contributed by atoms with Gasteiger partial charge in [0.05, 0.1) is 5.69 Å². The van der Waals surface area contributed by atoms with Gasteiger partial charge in [0.1, 0.15) is 0 Å². The summed E-state index contributed by atoms with van der Waals surface area (Å²) >= 11 is 5.78. The number of halogens is 4. The highest BCUT2D eigenvalue weighted by molar-refractivity contribution is 6.30. The van der Waals surface area contributed by atoms with Gasteiger partial charge in [-0.2, -0.15) is 0 Å². The van der Waals surface area contributed by atoms with Gasteiger partial charge in [0.15, 0.2) is 17.5 Å². The van der Waals surface area contributed by atoms with Crippen LogP contribution < -0.4 is 5.32 Å². The predicted octanol–water partition coefficient (Wildman–Crippen LogP) is 4.41. The second-order valence-electron chi connectivity index (χ2n) is 4.10. The third-order valence-electron chi connectivity index (χ3n) is 2.57. The summed E-state index contributed by atoms with van der Waals surface area (Å²) in [5.74, 6) is -5.08. The number of amides is 1. The normalized spacial score (nSPS) is 10.9. The number of carbonyl (C=O) groups is 1. The molecule has 21 heavy (non-hydrogen) atoms. The average Bonchev–Trinajstić information content (AvgIpc) is 2.46. The summed E-state index contributed by atoms with van der Waals surface area (Å²) in [6, 6.07) is 8.40. The van der Waals surface area contributed by atoms with Crippen LogP contribution in [-0.4, -0.2) is 5.91 Å². The van der Waals surface area contributed by atoms with E-state index in [0.717, 1.165) is 18.2 Å². The van der Waals surface area contributed by atoms with Crippen molar-refractivity contribution in [2.24, 2.45) is 0 Å². The minimum absolute atomic E-state index is 0.436. The molecule has 0 atom stereocenters. The molecule has 0 radical (unpaired) electrons. The van der Waals surface area contributed by atoms with Crippen molar-refractivity contribution >= 4 is 29.3 Å². The minimum Gasteiger partial charge on any atom is -0.320 e. The highest BCUT2D eigenvalue weighted by atomic mass is 35.5. The average molecular weight is 312 g/mol. The molecule has 1 amide bonds. The van der Waals surface area contributed by atoms with Gasteiger partial charge in [0.2, 0.25) is 5.91 Å². The summed E-state index contributed by atoms with van der Waals surface area (Å²) in [6.07, 6.45) is 2.59. The Labute approximate surface area is 123 Å². The van der Waals surface area contributed by atoms with E-state index in [1.54, 1.807) is 24.3 Å². The second kappa shape index (κ2) is 6.45. The Balaban J connectivity index is 2.10. The van der Waals surface area contributed by atoms with Gasteiger partial charge in [0.25, 0.3) is 0 Å². The maximum atomic E-state index is 13.4. The number of nitrogens with one attached hydrogen (secondary N) is 1. The van der Waals surface area contributed by atoms with Gasteiger partial charge in [-0.1, -0.05) is 23.7 Å². The van der Waals surface area contributed by atoms with Crippen LogP contribution in [0, 0.1) is 17.5 Å². The molecule has 6 heteroatoms. The Morgan fingerprint density at radius 2 is 1.86 bits per heavy atom. The Bertz CT molecular complexity index is 716. The molecular formula is C15H9ClF3NO. The van der Waals surface area contributed by atoms with E-state index in [1.165, 1.54) is 6.08 Å². The Kier molecular flexibility index (Phi) is 4.65. The van der Waals surface area contributed by atoms with Crippen LogP contribution in [0.5, 0.6) is 0 Å². The molecule has 0 heterocycles. The van der Waals surface area contributed by atoms with Gasteiger partial charge in [0, 0.05) is 11.1 Å². The van der Waals surface area contributed by atoms with Gasteiger partial charge >= 0.3 is 0 Å². The molecule has 0 aliphatic carbocycles. The van der Waals surface area contributed by atoms with Crippen LogP contribution >= 0.6 is 11.6 Å². The first kappa shape index (κ1) is 15.1. The van der Waals surface area contributed by atoms with Gasteiger partial charge < -0.3 is 5.32 Å². The molecule has 2 aromatic carbocycles. The summed E-state index contributed by atoms with van der Waals surface area (Å²) in [6.45, 7) is 0. The molecule has 0 aliphatic heterocycles. The molecule has 0 unspecified atom stereocenters. The zero-order valence-corrected chi connectivity index (χ0v) is 11.3. The van der Waals surface area contributed by atoms with Gasteiger partial charge in [-0.05, 0) is 35.9 Å². The lowest BCUT2D eigenvalue weighted by atomic mass is 10.2. The summed E-state index contributed by atoms with van der Waals surface area (Å²) in [4.78, 5) is 11.6. The lowest BCUT2D eigenvalue weighted by Crippen LogP contribution is -2.10. The van der Waals surface area contributed by atoms with Crippen molar-refractivity contribution in [2.45, 2.75) is 0 Å².